The molecule has 0 bridgehead atoms. The van der Waals surface area contributed by atoms with E-state index in [1.54, 1.807) is 18.2 Å². The maximum Gasteiger partial charge on any atom is 0.252 e. The predicted molar refractivity (Wildman–Crippen MR) is 50.2 cm³/mol. The van der Waals surface area contributed by atoms with Crippen molar-refractivity contribution in [2.24, 2.45) is 0 Å². The molecule has 1 aromatic carbocycles. The Morgan fingerprint density at radius 1 is 1.62 bits per heavy atom. The smallest absolute Gasteiger partial charge is 0.252 e. The number of carbonyl (C=O) groups excluding carboxylic acids is 1. The highest BCUT2D eigenvalue weighted by Crippen LogP contribution is 2.19. The van der Waals surface area contributed by atoms with E-state index in [9.17, 15) is 4.79 Å². The molecule has 0 atom stereocenters. The first kappa shape index (κ1) is 8.10. The van der Waals surface area contributed by atoms with E-state index in [0.29, 0.717) is 17.3 Å². The van der Waals surface area contributed by atoms with E-state index in [1.165, 1.54) is 0 Å². The number of rotatable bonds is 2. The van der Waals surface area contributed by atoms with Gasteiger partial charge >= 0.3 is 0 Å². The molecule has 0 spiro atoms. The van der Waals surface area contributed by atoms with E-state index in [-0.39, 0.29) is 5.91 Å². The molecule has 1 aliphatic rings. The van der Waals surface area contributed by atoms with Gasteiger partial charge in [0, 0.05) is 17.3 Å². The Kier molecular flexibility index (Phi) is 1.93. The van der Waals surface area contributed by atoms with Crippen LogP contribution in [-0.4, -0.2) is 11.9 Å². The van der Waals surface area contributed by atoms with E-state index >= 15 is 0 Å². The van der Waals surface area contributed by atoms with Crippen LogP contribution in [0.4, 0.5) is 5.69 Å². The summed E-state index contributed by atoms with van der Waals surface area (Å²) in [6.07, 6.45) is 2.18. The second-order valence-corrected chi connectivity index (χ2v) is 3.28. The highest BCUT2D eigenvalue weighted by Gasteiger charge is 2.23. The average molecular weight is 175 g/mol. The lowest BCUT2D eigenvalue weighted by Gasteiger charge is -2.02. The van der Waals surface area contributed by atoms with E-state index in [4.69, 9.17) is 5.73 Å². The standard InChI is InChI=1S/C10H11N2O/c11-8-3-1-2-7(6-8)10(13)12-9-4-5-9/h1,3,6,9H,4-5,11H2,(H,12,13). The summed E-state index contributed by atoms with van der Waals surface area (Å²) in [4.78, 5) is 11.4. The van der Waals surface area contributed by atoms with Gasteiger partial charge in [-0.2, -0.15) is 0 Å². The van der Waals surface area contributed by atoms with E-state index in [0.717, 1.165) is 12.8 Å². The number of nitrogens with two attached hydrogens (primary N) is 1. The molecular formula is C10H11N2O. The van der Waals surface area contributed by atoms with Crippen LogP contribution in [0.3, 0.4) is 0 Å². The van der Waals surface area contributed by atoms with Gasteiger partial charge in [0.05, 0.1) is 0 Å². The van der Waals surface area contributed by atoms with E-state index in [1.807, 2.05) is 0 Å². The summed E-state index contributed by atoms with van der Waals surface area (Å²) in [6.45, 7) is 0. The summed E-state index contributed by atoms with van der Waals surface area (Å²) >= 11 is 0. The maximum absolute atomic E-state index is 11.4. The lowest BCUT2D eigenvalue weighted by molar-refractivity contribution is 0.0951. The Balaban J connectivity index is 2.09. The van der Waals surface area contributed by atoms with Crippen LogP contribution in [0.5, 0.6) is 0 Å². The molecule has 1 saturated carbocycles. The van der Waals surface area contributed by atoms with Crippen molar-refractivity contribution in [1.29, 1.82) is 0 Å². The van der Waals surface area contributed by atoms with E-state index in [2.05, 4.69) is 11.4 Å². The molecule has 1 aromatic rings. The maximum atomic E-state index is 11.4. The number of benzene rings is 1. The molecular weight excluding hydrogens is 164 g/mol. The zero-order valence-corrected chi connectivity index (χ0v) is 7.21. The molecule has 0 aliphatic heterocycles. The molecule has 3 N–H and O–H groups in total. The van der Waals surface area contributed by atoms with Gasteiger partial charge in [0.1, 0.15) is 0 Å². The molecule has 0 unspecified atom stereocenters. The topological polar surface area (TPSA) is 55.1 Å². The minimum Gasteiger partial charge on any atom is -0.399 e. The van der Waals surface area contributed by atoms with Crippen LogP contribution in [0.25, 0.3) is 0 Å². The molecule has 0 heterocycles. The first-order chi connectivity index (χ1) is 6.25. The molecule has 2 rings (SSSR count). The van der Waals surface area contributed by atoms with Gasteiger partial charge in [-0.3, -0.25) is 4.79 Å². The van der Waals surface area contributed by atoms with Crippen LogP contribution in [0, 0.1) is 6.07 Å². The molecule has 3 heteroatoms. The lowest BCUT2D eigenvalue weighted by atomic mass is 10.2. The average Bonchev–Trinajstić information content (AvgIpc) is 2.88. The highest BCUT2D eigenvalue weighted by atomic mass is 16.1. The van der Waals surface area contributed by atoms with Crippen LogP contribution >= 0.6 is 0 Å². The molecule has 0 aromatic heterocycles. The number of hydrogen-bond acceptors (Lipinski definition) is 2. The number of anilines is 1. The van der Waals surface area contributed by atoms with Crippen LogP contribution in [0.2, 0.25) is 0 Å². The second-order valence-electron chi connectivity index (χ2n) is 3.28. The Hall–Kier alpha value is -1.51. The normalized spacial score (nSPS) is 15.4. The molecule has 1 amide bonds. The van der Waals surface area contributed by atoms with Crippen molar-refractivity contribution in [3.8, 4) is 0 Å². The quantitative estimate of drug-likeness (QED) is 0.658. The summed E-state index contributed by atoms with van der Waals surface area (Å²) < 4.78 is 0. The lowest BCUT2D eigenvalue weighted by Crippen LogP contribution is -2.25. The molecule has 1 radical (unpaired) electrons. The number of hydrogen-bond donors (Lipinski definition) is 2. The zero-order valence-electron chi connectivity index (χ0n) is 7.21. The van der Waals surface area contributed by atoms with Gasteiger partial charge in [-0.1, -0.05) is 6.07 Å². The largest absolute Gasteiger partial charge is 0.399 e. The van der Waals surface area contributed by atoms with Crippen molar-refractivity contribution in [2.75, 3.05) is 5.73 Å². The van der Waals surface area contributed by atoms with Gasteiger partial charge in [-0.25, -0.2) is 0 Å². The van der Waals surface area contributed by atoms with Crippen molar-refractivity contribution in [1.82, 2.24) is 5.32 Å². The Labute approximate surface area is 76.9 Å². The third kappa shape index (κ3) is 1.99. The fourth-order valence-electron chi connectivity index (χ4n) is 1.11. The van der Waals surface area contributed by atoms with Gasteiger partial charge in [0.2, 0.25) is 0 Å². The fraction of sp³-hybridized carbons (Fsp3) is 0.300. The van der Waals surface area contributed by atoms with Crippen molar-refractivity contribution < 1.29 is 4.79 Å². The first-order valence-electron chi connectivity index (χ1n) is 4.34. The molecule has 1 aliphatic carbocycles. The molecule has 67 valence electrons. The van der Waals surface area contributed by atoms with Crippen molar-refractivity contribution in [2.45, 2.75) is 18.9 Å². The van der Waals surface area contributed by atoms with Crippen LogP contribution in [0.15, 0.2) is 18.2 Å². The predicted octanol–water partition coefficient (Wildman–Crippen LogP) is 0.961. The summed E-state index contributed by atoms with van der Waals surface area (Å²) in [6, 6.07) is 8.24. The molecule has 0 saturated heterocycles. The van der Waals surface area contributed by atoms with Gasteiger partial charge < -0.3 is 11.1 Å². The third-order valence-corrected chi connectivity index (χ3v) is 1.98. The van der Waals surface area contributed by atoms with Crippen LogP contribution in [0.1, 0.15) is 23.2 Å². The minimum atomic E-state index is -0.0743. The van der Waals surface area contributed by atoms with Gasteiger partial charge in [-0.05, 0) is 31.0 Å². The zero-order chi connectivity index (χ0) is 9.26. The minimum absolute atomic E-state index is 0.0743. The summed E-state index contributed by atoms with van der Waals surface area (Å²) in [5.74, 6) is -0.0743. The van der Waals surface area contributed by atoms with Crippen LogP contribution in [-0.2, 0) is 0 Å². The molecule has 13 heavy (non-hydrogen) atoms. The SMILES string of the molecule is Nc1cc[c]c(C(=O)NC2CC2)c1. The number of nitrogen functional groups attached to an aromatic ring is 1. The molecule has 3 nitrogen and oxygen atoms in total. The number of carbonyl (C=O) groups is 1. The van der Waals surface area contributed by atoms with Gasteiger partial charge in [0.15, 0.2) is 0 Å². The summed E-state index contributed by atoms with van der Waals surface area (Å²) in [7, 11) is 0. The number of nitrogens with one attached hydrogen (secondary N) is 1. The van der Waals surface area contributed by atoms with Gasteiger partial charge in [0.25, 0.3) is 5.91 Å². The number of amides is 1. The van der Waals surface area contributed by atoms with Crippen molar-refractivity contribution in [3.05, 3.63) is 29.8 Å². The Bertz CT molecular complexity index is 331. The first-order valence-corrected chi connectivity index (χ1v) is 4.34. The van der Waals surface area contributed by atoms with Crippen LogP contribution < -0.4 is 11.1 Å². The molecule has 1 fully saturated rings. The van der Waals surface area contributed by atoms with E-state index < -0.39 is 0 Å². The Morgan fingerprint density at radius 2 is 2.38 bits per heavy atom. The van der Waals surface area contributed by atoms with Gasteiger partial charge in [-0.15, -0.1) is 0 Å². The van der Waals surface area contributed by atoms with Crippen molar-refractivity contribution >= 4 is 11.6 Å². The summed E-state index contributed by atoms with van der Waals surface area (Å²) in [5.41, 5.74) is 6.66. The van der Waals surface area contributed by atoms with Crippen molar-refractivity contribution in [3.63, 3.8) is 0 Å². The Morgan fingerprint density at radius 3 is 3.00 bits per heavy atom. The third-order valence-electron chi connectivity index (χ3n) is 1.98. The summed E-state index contributed by atoms with van der Waals surface area (Å²) in [5, 5.41) is 2.87. The monoisotopic (exact) mass is 175 g/mol. The second kappa shape index (κ2) is 3.09. The highest BCUT2D eigenvalue weighted by molar-refractivity contribution is 5.95. The fourth-order valence-corrected chi connectivity index (χ4v) is 1.11.